The van der Waals surface area contributed by atoms with Gasteiger partial charge in [0.15, 0.2) is 6.29 Å². The Labute approximate surface area is 78.1 Å². The molecule has 1 heterocycles. The van der Waals surface area contributed by atoms with Gasteiger partial charge in [-0.2, -0.15) is 0 Å². The van der Waals surface area contributed by atoms with Crippen LogP contribution in [0.2, 0.25) is 0 Å². The van der Waals surface area contributed by atoms with Gasteiger partial charge in [0, 0.05) is 5.92 Å². The SMILES string of the molecule is CC(C)C1C(O)[C@@](C)(CO)O[C@H]1O. The molecule has 78 valence electrons. The van der Waals surface area contributed by atoms with E-state index in [4.69, 9.17) is 9.84 Å². The van der Waals surface area contributed by atoms with E-state index in [9.17, 15) is 10.2 Å². The molecule has 0 aromatic carbocycles. The lowest BCUT2D eigenvalue weighted by Gasteiger charge is -2.26. The molecule has 1 aliphatic heterocycles. The van der Waals surface area contributed by atoms with E-state index >= 15 is 0 Å². The van der Waals surface area contributed by atoms with Crippen LogP contribution in [0.25, 0.3) is 0 Å². The van der Waals surface area contributed by atoms with Gasteiger partial charge in [0.05, 0.1) is 12.7 Å². The van der Waals surface area contributed by atoms with Crippen LogP contribution in [0.5, 0.6) is 0 Å². The highest BCUT2D eigenvalue weighted by molar-refractivity contribution is 4.96. The molecular weight excluding hydrogens is 172 g/mol. The van der Waals surface area contributed by atoms with Gasteiger partial charge >= 0.3 is 0 Å². The summed E-state index contributed by atoms with van der Waals surface area (Å²) in [6.07, 6.45) is -1.79. The molecule has 1 saturated heterocycles. The zero-order chi connectivity index (χ0) is 10.2. The molecule has 1 fully saturated rings. The van der Waals surface area contributed by atoms with E-state index in [0.717, 1.165) is 0 Å². The van der Waals surface area contributed by atoms with Crippen LogP contribution >= 0.6 is 0 Å². The Balaban J connectivity index is 2.81. The van der Waals surface area contributed by atoms with Crippen LogP contribution < -0.4 is 0 Å². The standard InChI is InChI=1S/C9H18O4/c1-5(2)6-7(11)9(3,4-10)13-8(6)12/h5-8,10-12H,4H2,1-3H3/t6?,7?,8-,9-/m1/s1. The van der Waals surface area contributed by atoms with Crippen molar-refractivity contribution in [3.05, 3.63) is 0 Å². The molecule has 2 unspecified atom stereocenters. The summed E-state index contributed by atoms with van der Waals surface area (Å²) >= 11 is 0. The van der Waals surface area contributed by atoms with E-state index in [-0.39, 0.29) is 18.4 Å². The minimum absolute atomic E-state index is 0.123. The largest absolute Gasteiger partial charge is 0.393 e. The van der Waals surface area contributed by atoms with Gasteiger partial charge in [-0.25, -0.2) is 0 Å². The number of hydrogen-bond donors (Lipinski definition) is 3. The second-order valence-corrected chi connectivity index (χ2v) is 4.25. The number of aliphatic hydroxyl groups excluding tert-OH is 3. The lowest BCUT2D eigenvalue weighted by Crippen LogP contribution is -2.42. The molecule has 1 aliphatic rings. The molecule has 0 aromatic heterocycles. The molecule has 4 nitrogen and oxygen atoms in total. The molecule has 0 bridgehead atoms. The van der Waals surface area contributed by atoms with Crippen LogP contribution in [0.4, 0.5) is 0 Å². The zero-order valence-corrected chi connectivity index (χ0v) is 8.27. The predicted octanol–water partition coefficient (Wildman–Crippen LogP) is -0.281. The Hall–Kier alpha value is -0.160. The van der Waals surface area contributed by atoms with Crippen molar-refractivity contribution in [2.24, 2.45) is 11.8 Å². The summed E-state index contributed by atoms with van der Waals surface area (Å²) in [6, 6.07) is 0. The smallest absolute Gasteiger partial charge is 0.161 e. The summed E-state index contributed by atoms with van der Waals surface area (Å²) in [5.41, 5.74) is -1.02. The first-order chi connectivity index (χ1) is 5.92. The molecule has 0 amide bonds. The van der Waals surface area contributed by atoms with Gasteiger partial charge in [0.2, 0.25) is 0 Å². The topological polar surface area (TPSA) is 69.9 Å². The van der Waals surface area contributed by atoms with Crippen molar-refractivity contribution in [1.29, 1.82) is 0 Å². The van der Waals surface area contributed by atoms with Crippen molar-refractivity contribution in [2.45, 2.75) is 38.8 Å². The van der Waals surface area contributed by atoms with Crippen molar-refractivity contribution in [1.82, 2.24) is 0 Å². The highest BCUT2D eigenvalue weighted by Gasteiger charge is 2.51. The second kappa shape index (κ2) is 3.53. The van der Waals surface area contributed by atoms with Gasteiger partial charge in [0.25, 0.3) is 0 Å². The third-order valence-corrected chi connectivity index (χ3v) is 2.79. The summed E-state index contributed by atoms with van der Waals surface area (Å²) in [6.45, 7) is 5.13. The van der Waals surface area contributed by atoms with Gasteiger partial charge in [-0.3, -0.25) is 0 Å². The second-order valence-electron chi connectivity index (χ2n) is 4.25. The van der Waals surface area contributed by atoms with Gasteiger partial charge in [-0.15, -0.1) is 0 Å². The number of ether oxygens (including phenoxy) is 1. The first kappa shape index (κ1) is 10.9. The van der Waals surface area contributed by atoms with E-state index < -0.39 is 18.0 Å². The molecule has 0 aromatic rings. The molecule has 3 N–H and O–H groups in total. The maximum atomic E-state index is 9.80. The van der Waals surface area contributed by atoms with Crippen molar-refractivity contribution >= 4 is 0 Å². The summed E-state index contributed by atoms with van der Waals surface area (Å²) in [7, 11) is 0. The first-order valence-electron chi connectivity index (χ1n) is 4.57. The number of rotatable bonds is 2. The van der Waals surface area contributed by atoms with Crippen molar-refractivity contribution in [3.8, 4) is 0 Å². The lowest BCUT2D eigenvalue weighted by molar-refractivity contribution is -0.163. The fourth-order valence-electron chi connectivity index (χ4n) is 1.81. The van der Waals surface area contributed by atoms with E-state index in [1.807, 2.05) is 13.8 Å². The maximum Gasteiger partial charge on any atom is 0.161 e. The van der Waals surface area contributed by atoms with Gasteiger partial charge in [-0.05, 0) is 12.8 Å². The third kappa shape index (κ3) is 1.72. The first-order valence-corrected chi connectivity index (χ1v) is 4.57. The summed E-state index contributed by atoms with van der Waals surface area (Å²) < 4.78 is 5.14. The normalized spacial score (nSPS) is 45.9. The maximum absolute atomic E-state index is 9.80. The molecule has 0 saturated carbocycles. The van der Waals surface area contributed by atoms with Crippen molar-refractivity contribution in [3.63, 3.8) is 0 Å². The molecule has 0 spiro atoms. The van der Waals surface area contributed by atoms with Crippen LogP contribution in [0.1, 0.15) is 20.8 Å². The average Bonchev–Trinajstić information content (AvgIpc) is 2.24. The Morgan fingerprint density at radius 2 is 1.92 bits per heavy atom. The monoisotopic (exact) mass is 190 g/mol. The Kier molecular flexibility index (Phi) is 2.97. The number of aliphatic hydroxyl groups is 3. The van der Waals surface area contributed by atoms with E-state index in [2.05, 4.69) is 0 Å². The van der Waals surface area contributed by atoms with Crippen LogP contribution in [0.3, 0.4) is 0 Å². The minimum Gasteiger partial charge on any atom is -0.393 e. The van der Waals surface area contributed by atoms with Crippen molar-refractivity contribution < 1.29 is 20.1 Å². The molecular formula is C9H18O4. The van der Waals surface area contributed by atoms with Gasteiger partial charge in [0.1, 0.15) is 5.60 Å². The summed E-state index contributed by atoms with van der Waals surface area (Å²) in [5.74, 6) is -0.199. The molecule has 13 heavy (non-hydrogen) atoms. The summed E-state index contributed by atoms with van der Waals surface area (Å²) in [5, 5.41) is 28.3. The van der Waals surface area contributed by atoms with Gasteiger partial charge < -0.3 is 20.1 Å². The molecule has 4 heteroatoms. The Morgan fingerprint density at radius 1 is 1.38 bits per heavy atom. The number of hydrogen-bond acceptors (Lipinski definition) is 4. The van der Waals surface area contributed by atoms with Crippen molar-refractivity contribution in [2.75, 3.05) is 6.61 Å². The van der Waals surface area contributed by atoms with Crippen LogP contribution in [-0.4, -0.2) is 39.9 Å². The van der Waals surface area contributed by atoms with E-state index in [0.29, 0.717) is 0 Å². The fraction of sp³-hybridized carbons (Fsp3) is 1.00. The van der Waals surface area contributed by atoms with E-state index in [1.165, 1.54) is 0 Å². The average molecular weight is 190 g/mol. The summed E-state index contributed by atoms with van der Waals surface area (Å²) in [4.78, 5) is 0. The molecule has 1 rings (SSSR count). The third-order valence-electron chi connectivity index (χ3n) is 2.79. The zero-order valence-electron chi connectivity index (χ0n) is 8.27. The lowest BCUT2D eigenvalue weighted by atomic mass is 9.85. The molecule has 4 atom stereocenters. The molecule has 0 aliphatic carbocycles. The van der Waals surface area contributed by atoms with Crippen LogP contribution in [0, 0.1) is 11.8 Å². The predicted molar refractivity (Wildman–Crippen MR) is 46.9 cm³/mol. The Morgan fingerprint density at radius 3 is 2.15 bits per heavy atom. The highest BCUT2D eigenvalue weighted by atomic mass is 16.6. The highest BCUT2D eigenvalue weighted by Crippen LogP contribution is 2.37. The van der Waals surface area contributed by atoms with E-state index in [1.54, 1.807) is 6.92 Å². The molecule has 0 radical (unpaired) electrons. The van der Waals surface area contributed by atoms with Gasteiger partial charge in [-0.1, -0.05) is 13.8 Å². The minimum atomic E-state index is -1.02. The quantitative estimate of drug-likeness (QED) is 0.560. The van der Waals surface area contributed by atoms with Crippen LogP contribution in [0.15, 0.2) is 0 Å². The van der Waals surface area contributed by atoms with Crippen LogP contribution in [-0.2, 0) is 4.74 Å². The Bertz CT molecular complexity index is 182. The fourth-order valence-corrected chi connectivity index (χ4v) is 1.81.